The molecule has 0 unspecified atom stereocenters. The predicted molar refractivity (Wildman–Crippen MR) is 115 cm³/mol. The number of anilines is 1. The molecule has 1 amide bonds. The average Bonchev–Trinajstić information content (AvgIpc) is 2.70. The number of benzene rings is 2. The van der Waals surface area contributed by atoms with Crippen LogP contribution in [0, 0.1) is 0 Å². The van der Waals surface area contributed by atoms with Gasteiger partial charge in [-0.1, -0.05) is 42.1 Å². The largest absolute Gasteiger partial charge is 0.373 e. The Hall–Kier alpha value is -2.31. The highest BCUT2D eigenvalue weighted by Crippen LogP contribution is 2.29. The van der Waals surface area contributed by atoms with E-state index in [4.69, 9.17) is 0 Å². The number of pyridine rings is 1. The van der Waals surface area contributed by atoms with Crippen molar-refractivity contribution in [1.29, 1.82) is 0 Å². The Bertz CT molecular complexity index is 887. The molecule has 27 heavy (non-hydrogen) atoms. The predicted octanol–water partition coefficient (Wildman–Crippen LogP) is 4.86. The van der Waals surface area contributed by atoms with Crippen molar-refractivity contribution in [3.63, 3.8) is 0 Å². The molecule has 0 bridgehead atoms. The van der Waals surface area contributed by atoms with E-state index in [0.717, 1.165) is 26.6 Å². The molecule has 4 nitrogen and oxygen atoms in total. The van der Waals surface area contributed by atoms with Gasteiger partial charge in [0.05, 0.1) is 5.56 Å². The average molecular weight is 442 g/mol. The molecule has 3 aromatic rings. The Morgan fingerprint density at radius 2 is 1.81 bits per heavy atom. The Kier molecular flexibility index (Phi) is 6.90. The molecule has 138 valence electrons. The normalized spacial score (nSPS) is 10.4. The van der Waals surface area contributed by atoms with Crippen LogP contribution in [-0.4, -0.2) is 31.0 Å². The molecule has 0 aliphatic heterocycles. The van der Waals surface area contributed by atoms with Gasteiger partial charge in [-0.15, -0.1) is 0 Å². The van der Waals surface area contributed by atoms with Crippen LogP contribution in [0.4, 0.5) is 5.69 Å². The minimum absolute atomic E-state index is 0.0725. The number of aromatic nitrogens is 1. The maximum atomic E-state index is 12.7. The SMILES string of the molecule is CN(CCNC(=O)c1ccccc1Sc1ccc(Br)cn1)c1ccccc1. The lowest BCUT2D eigenvalue weighted by atomic mass is 10.2. The van der Waals surface area contributed by atoms with Crippen molar-refractivity contribution in [3.8, 4) is 0 Å². The van der Waals surface area contributed by atoms with E-state index in [-0.39, 0.29) is 5.91 Å². The summed E-state index contributed by atoms with van der Waals surface area (Å²) in [7, 11) is 2.02. The molecule has 0 fully saturated rings. The molecular formula is C21H20BrN3OS. The van der Waals surface area contributed by atoms with Crippen LogP contribution in [0.1, 0.15) is 10.4 Å². The van der Waals surface area contributed by atoms with Crippen LogP contribution in [0.25, 0.3) is 0 Å². The monoisotopic (exact) mass is 441 g/mol. The topological polar surface area (TPSA) is 45.2 Å². The molecule has 1 aromatic heterocycles. The highest BCUT2D eigenvalue weighted by Gasteiger charge is 2.12. The first kappa shape index (κ1) is 19.5. The van der Waals surface area contributed by atoms with Gasteiger partial charge in [-0.3, -0.25) is 4.79 Å². The molecule has 0 spiro atoms. The van der Waals surface area contributed by atoms with E-state index in [1.54, 1.807) is 6.20 Å². The van der Waals surface area contributed by atoms with E-state index in [9.17, 15) is 4.79 Å². The quantitative estimate of drug-likeness (QED) is 0.568. The molecule has 2 aromatic carbocycles. The molecule has 0 saturated heterocycles. The van der Waals surface area contributed by atoms with Crippen molar-refractivity contribution in [1.82, 2.24) is 10.3 Å². The maximum absolute atomic E-state index is 12.7. The van der Waals surface area contributed by atoms with Crippen LogP contribution in [-0.2, 0) is 0 Å². The summed E-state index contributed by atoms with van der Waals surface area (Å²) in [6.07, 6.45) is 1.75. The lowest BCUT2D eigenvalue weighted by molar-refractivity contribution is 0.0952. The summed E-state index contributed by atoms with van der Waals surface area (Å²) in [4.78, 5) is 20.0. The van der Waals surface area contributed by atoms with Gasteiger partial charge in [-0.05, 0) is 52.3 Å². The zero-order chi connectivity index (χ0) is 19.1. The minimum atomic E-state index is -0.0725. The Morgan fingerprint density at radius 3 is 2.56 bits per heavy atom. The number of hydrogen-bond donors (Lipinski definition) is 1. The zero-order valence-corrected chi connectivity index (χ0v) is 17.3. The summed E-state index contributed by atoms with van der Waals surface area (Å²) in [6, 6.07) is 21.6. The molecule has 0 aliphatic rings. The molecule has 0 saturated carbocycles. The van der Waals surface area contributed by atoms with Crippen LogP contribution in [0.2, 0.25) is 0 Å². The van der Waals surface area contributed by atoms with Gasteiger partial charge in [0.1, 0.15) is 5.03 Å². The van der Waals surface area contributed by atoms with Gasteiger partial charge in [0.25, 0.3) is 5.91 Å². The summed E-state index contributed by atoms with van der Waals surface area (Å²) in [5.74, 6) is -0.0725. The molecular weight excluding hydrogens is 422 g/mol. The highest BCUT2D eigenvalue weighted by atomic mass is 79.9. The Balaban J connectivity index is 1.60. The van der Waals surface area contributed by atoms with E-state index in [1.807, 2.05) is 61.6 Å². The molecule has 0 atom stereocenters. The van der Waals surface area contributed by atoms with Gasteiger partial charge in [0.15, 0.2) is 0 Å². The standard InChI is InChI=1S/C21H20BrN3OS/c1-25(17-7-3-2-4-8-17)14-13-23-21(26)18-9-5-6-10-19(18)27-20-12-11-16(22)15-24-20/h2-12,15H,13-14H2,1H3,(H,23,26). The lowest BCUT2D eigenvalue weighted by Gasteiger charge is -2.19. The molecule has 3 rings (SSSR count). The molecule has 0 aliphatic carbocycles. The first-order valence-corrected chi connectivity index (χ1v) is 10.2. The minimum Gasteiger partial charge on any atom is -0.373 e. The highest BCUT2D eigenvalue weighted by molar-refractivity contribution is 9.10. The number of amides is 1. The molecule has 1 heterocycles. The third-order valence-corrected chi connectivity index (χ3v) is 5.47. The fourth-order valence-electron chi connectivity index (χ4n) is 2.52. The van der Waals surface area contributed by atoms with Crippen LogP contribution in [0.3, 0.4) is 0 Å². The fraction of sp³-hybridized carbons (Fsp3) is 0.143. The molecule has 6 heteroatoms. The summed E-state index contributed by atoms with van der Waals surface area (Å²) in [6.45, 7) is 1.30. The fourth-order valence-corrected chi connectivity index (χ4v) is 3.64. The second-order valence-electron chi connectivity index (χ2n) is 5.93. The van der Waals surface area contributed by atoms with Gasteiger partial charge < -0.3 is 10.2 Å². The van der Waals surface area contributed by atoms with E-state index in [0.29, 0.717) is 12.1 Å². The van der Waals surface area contributed by atoms with Gasteiger partial charge in [-0.2, -0.15) is 0 Å². The second kappa shape index (κ2) is 9.58. The second-order valence-corrected chi connectivity index (χ2v) is 7.90. The summed E-state index contributed by atoms with van der Waals surface area (Å²) in [5.41, 5.74) is 1.79. The smallest absolute Gasteiger partial charge is 0.252 e. The number of nitrogens with zero attached hydrogens (tertiary/aromatic N) is 2. The van der Waals surface area contributed by atoms with Crippen LogP contribution in [0.15, 0.2) is 87.3 Å². The lowest BCUT2D eigenvalue weighted by Crippen LogP contribution is -2.33. The zero-order valence-electron chi connectivity index (χ0n) is 14.9. The first-order valence-electron chi connectivity index (χ1n) is 8.56. The Morgan fingerprint density at radius 1 is 1.07 bits per heavy atom. The van der Waals surface area contributed by atoms with Gasteiger partial charge in [0, 0.05) is 41.4 Å². The number of carbonyl (C=O) groups is 1. The summed E-state index contributed by atoms with van der Waals surface area (Å²) >= 11 is 4.87. The first-order chi connectivity index (χ1) is 13.1. The third kappa shape index (κ3) is 5.58. The van der Waals surface area contributed by atoms with Crippen molar-refractivity contribution < 1.29 is 4.79 Å². The van der Waals surface area contributed by atoms with Crippen molar-refractivity contribution in [2.24, 2.45) is 0 Å². The summed E-state index contributed by atoms with van der Waals surface area (Å²) < 4.78 is 0.931. The molecule has 1 N–H and O–H groups in total. The number of rotatable bonds is 7. The van der Waals surface area contributed by atoms with Crippen LogP contribution >= 0.6 is 27.7 Å². The van der Waals surface area contributed by atoms with E-state index < -0.39 is 0 Å². The number of likely N-dealkylation sites (N-methyl/N-ethyl adjacent to an activating group) is 1. The van der Waals surface area contributed by atoms with Gasteiger partial charge in [0.2, 0.25) is 0 Å². The van der Waals surface area contributed by atoms with Crippen LogP contribution < -0.4 is 10.2 Å². The van der Waals surface area contributed by atoms with Crippen molar-refractivity contribution in [2.45, 2.75) is 9.92 Å². The van der Waals surface area contributed by atoms with Crippen molar-refractivity contribution in [2.75, 3.05) is 25.0 Å². The maximum Gasteiger partial charge on any atom is 0.252 e. The van der Waals surface area contributed by atoms with E-state index in [1.165, 1.54) is 11.8 Å². The number of nitrogens with one attached hydrogen (secondary N) is 1. The van der Waals surface area contributed by atoms with E-state index >= 15 is 0 Å². The van der Waals surface area contributed by atoms with Crippen LogP contribution in [0.5, 0.6) is 0 Å². The van der Waals surface area contributed by atoms with Gasteiger partial charge in [-0.25, -0.2) is 4.98 Å². The number of halogens is 1. The van der Waals surface area contributed by atoms with E-state index in [2.05, 4.69) is 43.3 Å². The number of hydrogen-bond acceptors (Lipinski definition) is 4. The van der Waals surface area contributed by atoms with Crippen molar-refractivity contribution in [3.05, 3.63) is 83.0 Å². The molecule has 0 radical (unpaired) electrons. The Labute approximate surface area is 172 Å². The number of para-hydroxylation sites is 1. The van der Waals surface area contributed by atoms with Crippen molar-refractivity contribution >= 4 is 39.3 Å². The number of carbonyl (C=O) groups excluding carboxylic acids is 1. The summed E-state index contributed by atoms with van der Waals surface area (Å²) in [5, 5.41) is 3.86. The third-order valence-electron chi connectivity index (χ3n) is 3.98. The van der Waals surface area contributed by atoms with Gasteiger partial charge >= 0.3 is 0 Å².